The van der Waals surface area contributed by atoms with E-state index in [2.05, 4.69) is 21.8 Å². The van der Waals surface area contributed by atoms with Crippen LogP contribution in [0, 0.1) is 18.6 Å². The zero-order valence-corrected chi connectivity index (χ0v) is 23.4. The molecule has 1 aliphatic rings. The minimum atomic E-state index is -4.81. The molecule has 2 aromatic heterocycles. The summed E-state index contributed by atoms with van der Waals surface area (Å²) in [6, 6.07) is 4.17. The minimum absolute atomic E-state index is 0.00895. The number of alkyl halides is 3. The molecule has 0 saturated carbocycles. The van der Waals surface area contributed by atoms with Gasteiger partial charge in [0.1, 0.15) is 36.3 Å². The molecule has 3 heterocycles. The molecule has 0 aliphatic carbocycles. The Bertz CT molecular complexity index is 1690. The fourth-order valence-corrected chi connectivity index (χ4v) is 5.25. The first-order valence-corrected chi connectivity index (χ1v) is 13.2. The lowest BCUT2D eigenvalue weighted by molar-refractivity contribution is -0.210. The molecule has 0 unspecified atom stereocenters. The maximum Gasteiger partial charge on any atom is 0.418 e. The van der Waals surface area contributed by atoms with Crippen molar-refractivity contribution >= 4 is 17.2 Å². The van der Waals surface area contributed by atoms with E-state index in [9.17, 15) is 37.3 Å². The molecule has 0 amide bonds. The number of aromatic nitrogens is 5. The predicted molar refractivity (Wildman–Crippen MR) is 144 cm³/mol. The lowest BCUT2D eigenvalue weighted by Crippen LogP contribution is -2.53. The maximum atomic E-state index is 15.0. The van der Waals surface area contributed by atoms with Gasteiger partial charge >= 0.3 is 6.18 Å². The number of aliphatic hydroxyl groups is 3. The molecular weight excluding hydrogens is 601 g/mol. The fourth-order valence-electron chi connectivity index (χ4n) is 5.08. The van der Waals surface area contributed by atoms with Gasteiger partial charge in [0, 0.05) is 27.9 Å². The molecule has 0 bridgehead atoms. The van der Waals surface area contributed by atoms with Crippen LogP contribution in [0.4, 0.5) is 22.0 Å². The molecule has 1 aliphatic heterocycles. The summed E-state index contributed by atoms with van der Waals surface area (Å²) < 4.78 is 79.0. The van der Waals surface area contributed by atoms with Gasteiger partial charge in [-0.1, -0.05) is 30.3 Å². The first-order valence-electron chi connectivity index (χ1n) is 12.8. The fraction of sp³-hybridized carbons (Fsp3) is 0.321. The summed E-state index contributed by atoms with van der Waals surface area (Å²) in [5.41, 5.74) is -1.34. The van der Waals surface area contributed by atoms with E-state index in [1.165, 1.54) is 38.4 Å². The lowest BCUT2D eigenvalue weighted by Gasteiger charge is -2.42. The van der Waals surface area contributed by atoms with Crippen molar-refractivity contribution < 1.29 is 42.0 Å². The van der Waals surface area contributed by atoms with Gasteiger partial charge in [-0.05, 0) is 37.6 Å². The molecule has 15 heteroatoms. The summed E-state index contributed by atoms with van der Waals surface area (Å²) in [6.45, 7) is 5.80. The highest BCUT2D eigenvalue weighted by Gasteiger charge is 2.48. The molecule has 4 aromatic rings. The van der Waals surface area contributed by atoms with Crippen molar-refractivity contribution in [3.8, 4) is 16.8 Å². The lowest BCUT2D eigenvalue weighted by atomic mass is 9.92. The zero-order chi connectivity index (χ0) is 31.4. The number of hydrogen-bond donors (Lipinski definition) is 3. The van der Waals surface area contributed by atoms with E-state index in [0.717, 1.165) is 27.6 Å². The first kappa shape index (κ1) is 30.8. The monoisotopic (exact) mass is 625 g/mol. The Morgan fingerprint density at radius 2 is 1.84 bits per heavy atom. The number of nitrogens with zero attached hydrogens (tertiary/aromatic N) is 5. The summed E-state index contributed by atoms with van der Waals surface area (Å²) in [5, 5.41) is 40.6. The number of halogens is 6. The Morgan fingerprint density at radius 3 is 2.49 bits per heavy atom. The van der Waals surface area contributed by atoms with Crippen LogP contribution in [-0.4, -0.2) is 64.8 Å². The average Bonchev–Trinajstić information content (AvgIpc) is 3.56. The van der Waals surface area contributed by atoms with Crippen LogP contribution in [0.3, 0.4) is 0 Å². The highest BCUT2D eigenvalue weighted by Crippen LogP contribution is 2.41. The third-order valence-electron chi connectivity index (χ3n) is 7.14. The van der Waals surface area contributed by atoms with E-state index < -0.39 is 66.1 Å². The van der Waals surface area contributed by atoms with Gasteiger partial charge in [0.2, 0.25) is 0 Å². The molecule has 5 rings (SSSR count). The Kier molecular flexibility index (Phi) is 8.17. The van der Waals surface area contributed by atoms with E-state index in [1.807, 2.05) is 0 Å². The third kappa shape index (κ3) is 5.56. The molecule has 228 valence electrons. The molecule has 1 fully saturated rings. The van der Waals surface area contributed by atoms with Gasteiger partial charge in [0.25, 0.3) is 0 Å². The molecule has 2 aromatic carbocycles. The summed E-state index contributed by atoms with van der Waals surface area (Å²) >= 11 is 6.01. The van der Waals surface area contributed by atoms with Gasteiger partial charge in [0.05, 0.1) is 24.1 Å². The number of aliphatic hydroxyl groups excluding tert-OH is 3. The van der Waals surface area contributed by atoms with Crippen molar-refractivity contribution in [2.24, 2.45) is 0 Å². The van der Waals surface area contributed by atoms with Crippen LogP contribution in [-0.2, 0) is 10.9 Å². The van der Waals surface area contributed by atoms with E-state index in [4.69, 9.17) is 16.3 Å². The van der Waals surface area contributed by atoms with E-state index in [-0.39, 0.29) is 33.4 Å². The largest absolute Gasteiger partial charge is 0.418 e. The van der Waals surface area contributed by atoms with Crippen molar-refractivity contribution in [1.82, 2.24) is 24.5 Å². The van der Waals surface area contributed by atoms with Gasteiger partial charge in [-0.3, -0.25) is 4.68 Å². The number of allylic oxidation sites excluding steroid dienone is 1. The first-order chi connectivity index (χ1) is 20.2. The van der Waals surface area contributed by atoms with Crippen LogP contribution in [0.1, 0.15) is 41.8 Å². The SMILES string of the molecule is C=C(C)c1ccc(-c2cnn([C@H]3[C@@H](O)[C@@H](CO)O[C@@H](c4nc(C)nn4-c4cc(Cl)ccc4C(F)(F)F)[C@@H]3O)c2)c(F)c1F. The van der Waals surface area contributed by atoms with Gasteiger partial charge in [-0.25, -0.2) is 18.4 Å². The van der Waals surface area contributed by atoms with Crippen molar-refractivity contribution in [2.45, 2.75) is 50.5 Å². The molecule has 9 nitrogen and oxygen atoms in total. The standard InChI is InChI=1S/C28H25ClF5N5O4/c1-12(2)16-5-6-17(22(31)21(16)30)14-9-35-38(10-14)23-24(41)20(11-40)43-26(25(23)42)27-36-13(3)37-39(27)19-8-15(29)4-7-18(19)28(32,33)34/h4-10,20,23-26,40-42H,1,11H2,2-3H3/t20-,23+,24+,25-,26-/m1/s1. The van der Waals surface area contributed by atoms with Crippen LogP contribution < -0.4 is 0 Å². The molecular formula is C28H25ClF5N5O4. The molecule has 5 atom stereocenters. The van der Waals surface area contributed by atoms with Crippen LogP contribution in [0.2, 0.25) is 5.02 Å². The smallest absolute Gasteiger partial charge is 0.394 e. The summed E-state index contributed by atoms with van der Waals surface area (Å²) in [6.07, 6.45) is -8.59. The van der Waals surface area contributed by atoms with Crippen LogP contribution in [0.15, 0.2) is 49.3 Å². The summed E-state index contributed by atoms with van der Waals surface area (Å²) in [4.78, 5) is 4.20. The number of ether oxygens (including phenoxy) is 1. The molecule has 3 N–H and O–H groups in total. The van der Waals surface area contributed by atoms with Crippen molar-refractivity contribution in [1.29, 1.82) is 0 Å². The van der Waals surface area contributed by atoms with Gasteiger partial charge < -0.3 is 20.1 Å². The number of benzene rings is 2. The van der Waals surface area contributed by atoms with E-state index in [0.29, 0.717) is 5.57 Å². The predicted octanol–water partition coefficient (Wildman–Crippen LogP) is 4.82. The topological polar surface area (TPSA) is 118 Å². The minimum Gasteiger partial charge on any atom is -0.394 e. The zero-order valence-electron chi connectivity index (χ0n) is 22.6. The number of rotatable bonds is 6. The molecule has 1 saturated heterocycles. The Morgan fingerprint density at radius 1 is 1.12 bits per heavy atom. The van der Waals surface area contributed by atoms with E-state index in [1.54, 1.807) is 0 Å². The highest BCUT2D eigenvalue weighted by atomic mass is 35.5. The van der Waals surface area contributed by atoms with Crippen LogP contribution in [0.25, 0.3) is 22.4 Å². The van der Waals surface area contributed by atoms with Gasteiger partial charge in [0.15, 0.2) is 17.5 Å². The second kappa shape index (κ2) is 11.4. The van der Waals surface area contributed by atoms with Crippen molar-refractivity contribution in [3.05, 3.63) is 88.7 Å². The Hall–Kier alpha value is -3.69. The van der Waals surface area contributed by atoms with Crippen LogP contribution in [0.5, 0.6) is 0 Å². The Balaban J connectivity index is 1.58. The van der Waals surface area contributed by atoms with E-state index >= 15 is 0 Å². The summed E-state index contributed by atoms with van der Waals surface area (Å²) in [5.74, 6) is -2.52. The molecule has 43 heavy (non-hydrogen) atoms. The number of hydrogen-bond acceptors (Lipinski definition) is 7. The van der Waals surface area contributed by atoms with Gasteiger partial charge in [-0.2, -0.15) is 23.4 Å². The maximum absolute atomic E-state index is 15.0. The van der Waals surface area contributed by atoms with Crippen LogP contribution >= 0.6 is 11.6 Å². The Labute approximate surface area is 246 Å². The third-order valence-corrected chi connectivity index (χ3v) is 7.37. The normalized spacial score (nSPS) is 22.6. The number of aryl methyl sites for hydroxylation is 1. The average molecular weight is 626 g/mol. The molecule has 0 spiro atoms. The second-order valence-electron chi connectivity index (χ2n) is 10.1. The van der Waals surface area contributed by atoms with Crippen molar-refractivity contribution in [2.75, 3.05) is 6.61 Å². The van der Waals surface area contributed by atoms with Crippen molar-refractivity contribution in [3.63, 3.8) is 0 Å². The van der Waals surface area contributed by atoms with Gasteiger partial charge in [-0.15, -0.1) is 0 Å². The quantitative estimate of drug-likeness (QED) is 0.263. The highest BCUT2D eigenvalue weighted by molar-refractivity contribution is 6.30. The second-order valence-corrected chi connectivity index (χ2v) is 10.6. The summed E-state index contributed by atoms with van der Waals surface area (Å²) in [7, 11) is 0. The molecule has 0 radical (unpaired) electrons.